The van der Waals surface area contributed by atoms with Crippen molar-refractivity contribution in [1.29, 1.82) is 0 Å². The van der Waals surface area contributed by atoms with Crippen molar-refractivity contribution in [3.05, 3.63) is 62.7 Å². The van der Waals surface area contributed by atoms with E-state index in [9.17, 15) is 4.79 Å². The van der Waals surface area contributed by atoms with Gasteiger partial charge >= 0.3 is 0 Å². The molecule has 0 saturated carbocycles. The van der Waals surface area contributed by atoms with Gasteiger partial charge < -0.3 is 5.32 Å². The summed E-state index contributed by atoms with van der Waals surface area (Å²) in [5, 5.41) is 3.67. The molecule has 0 fully saturated rings. The molecule has 0 bridgehead atoms. The molecule has 0 aliphatic rings. The van der Waals surface area contributed by atoms with Gasteiger partial charge in [-0.15, -0.1) is 0 Å². The molecule has 0 aromatic heterocycles. The summed E-state index contributed by atoms with van der Waals surface area (Å²) in [7, 11) is 0. The number of amides is 1. The van der Waals surface area contributed by atoms with Crippen molar-refractivity contribution in [3.8, 4) is 0 Å². The molecule has 2 rings (SSSR count). The van der Waals surface area contributed by atoms with Crippen LogP contribution in [-0.2, 0) is 11.2 Å². The number of nitrogens with one attached hydrogen (secondary N) is 1. The van der Waals surface area contributed by atoms with Gasteiger partial charge in [0.25, 0.3) is 0 Å². The van der Waals surface area contributed by atoms with Crippen molar-refractivity contribution in [2.75, 3.05) is 5.32 Å². The Morgan fingerprint density at radius 2 is 1.76 bits per heavy atom. The molecule has 2 aromatic carbocycles. The molecule has 110 valence electrons. The van der Waals surface area contributed by atoms with E-state index in [0.717, 1.165) is 20.7 Å². The summed E-state index contributed by atoms with van der Waals surface area (Å²) >= 11 is 8.11. The number of carbonyl (C=O) groups excluding carboxylic acids is 1. The average Bonchev–Trinajstić information content (AvgIpc) is 2.44. The van der Waals surface area contributed by atoms with Crippen LogP contribution in [0.4, 0.5) is 5.69 Å². The van der Waals surface area contributed by atoms with Gasteiger partial charge in [0.2, 0.25) is 5.91 Å². The molecule has 2 nitrogen and oxygen atoms in total. The first-order chi connectivity index (χ1) is 10.0. The molecule has 2 aromatic rings. The summed E-state index contributed by atoms with van der Waals surface area (Å²) in [5.41, 5.74) is 2.05. The van der Waals surface area contributed by atoms with E-state index in [4.69, 9.17) is 11.6 Å². The minimum atomic E-state index is 0.0534. The Bertz CT molecular complexity index is 595. The smallest absolute Gasteiger partial charge is 0.224 e. The maximum atomic E-state index is 12.0. The second-order valence-electron chi connectivity index (χ2n) is 5.19. The molecule has 0 heterocycles. The van der Waals surface area contributed by atoms with Crippen molar-refractivity contribution in [2.24, 2.45) is 5.92 Å². The summed E-state index contributed by atoms with van der Waals surface area (Å²) in [4.78, 5) is 12.0. The highest BCUT2D eigenvalue weighted by atomic mass is 127. The van der Waals surface area contributed by atoms with Crippen LogP contribution in [0.3, 0.4) is 0 Å². The number of benzene rings is 2. The lowest BCUT2D eigenvalue weighted by molar-refractivity contribution is -0.116. The second kappa shape index (κ2) is 7.80. The third-order valence-corrected chi connectivity index (χ3v) is 4.13. The lowest BCUT2D eigenvalue weighted by Gasteiger charge is -2.12. The molecule has 1 N–H and O–H groups in total. The molecule has 0 aliphatic carbocycles. The zero-order chi connectivity index (χ0) is 15.2. The maximum Gasteiger partial charge on any atom is 0.224 e. The zero-order valence-electron chi connectivity index (χ0n) is 11.8. The number of carbonyl (C=O) groups is 1. The van der Waals surface area contributed by atoms with Crippen molar-refractivity contribution in [2.45, 2.75) is 19.8 Å². The number of rotatable bonds is 5. The summed E-state index contributed by atoms with van der Waals surface area (Å²) in [5.74, 6) is 0.340. The number of hydrogen-bond acceptors (Lipinski definition) is 1. The normalized spacial score (nSPS) is 12.0. The highest BCUT2D eigenvalue weighted by molar-refractivity contribution is 14.1. The zero-order valence-corrected chi connectivity index (χ0v) is 14.7. The largest absolute Gasteiger partial charge is 0.326 e. The summed E-state index contributed by atoms with van der Waals surface area (Å²) in [6, 6.07) is 15.6. The van der Waals surface area contributed by atoms with E-state index in [1.54, 1.807) is 0 Å². The van der Waals surface area contributed by atoms with Crippen LogP contribution < -0.4 is 5.32 Å². The summed E-state index contributed by atoms with van der Waals surface area (Å²) in [6.45, 7) is 2.09. The Morgan fingerprint density at radius 1 is 1.14 bits per heavy atom. The van der Waals surface area contributed by atoms with Gasteiger partial charge in [0.1, 0.15) is 0 Å². The van der Waals surface area contributed by atoms with E-state index >= 15 is 0 Å². The fourth-order valence-corrected chi connectivity index (χ4v) is 2.64. The van der Waals surface area contributed by atoms with E-state index in [0.29, 0.717) is 6.42 Å². The first-order valence-corrected chi connectivity index (χ1v) is 8.28. The SMILES string of the molecule is C[C@@H](CC(=O)Nc1ccc(I)cc1)Cc1ccc(Cl)cc1. The molecule has 0 saturated heterocycles. The maximum absolute atomic E-state index is 12.0. The highest BCUT2D eigenvalue weighted by Crippen LogP contribution is 2.17. The van der Waals surface area contributed by atoms with Gasteiger partial charge in [-0.25, -0.2) is 0 Å². The predicted molar refractivity (Wildman–Crippen MR) is 96.7 cm³/mol. The molecule has 0 aliphatic heterocycles. The number of hydrogen-bond donors (Lipinski definition) is 1. The van der Waals surface area contributed by atoms with Crippen LogP contribution in [0.1, 0.15) is 18.9 Å². The van der Waals surface area contributed by atoms with Crippen LogP contribution >= 0.6 is 34.2 Å². The molecule has 21 heavy (non-hydrogen) atoms. The Hall–Kier alpha value is -1.07. The molecule has 1 atom stereocenters. The van der Waals surface area contributed by atoms with Gasteiger partial charge in [0.15, 0.2) is 0 Å². The van der Waals surface area contributed by atoms with Gasteiger partial charge in [-0.05, 0) is 76.9 Å². The standard InChI is InChI=1S/C17H17ClINO/c1-12(10-13-2-4-14(18)5-3-13)11-17(21)20-16-8-6-15(19)7-9-16/h2-9,12H,10-11H2,1H3,(H,20,21)/t12-/m1/s1. The summed E-state index contributed by atoms with van der Waals surface area (Å²) < 4.78 is 1.15. The third-order valence-electron chi connectivity index (χ3n) is 3.16. The lowest BCUT2D eigenvalue weighted by atomic mass is 9.98. The Balaban J connectivity index is 1.84. The van der Waals surface area contributed by atoms with Crippen molar-refractivity contribution in [1.82, 2.24) is 0 Å². The van der Waals surface area contributed by atoms with Crippen LogP contribution in [0.5, 0.6) is 0 Å². The fourth-order valence-electron chi connectivity index (χ4n) is 2.16. The Labute approximate surface area is 144 Å². The first-order valence-electron chi connectivity index (χ1n) is 6.83. The number of anilines is 1. The summed E-state index contributed by atoms with van der Waals surface area (Å²) in [6.07, 6.45) is 1.38. The van der Waals surface area contributed by atoms with E-state index < -0.39 is 0 Å². The fraction of sp³-hybridized carbons (Fsp3) is 0.235. The van der Waals surface area contributed by atoms with Crippen molar-refractivity contribution >= 4 is 45.8 Å². The molecule has 0 radical (unpaired) electrons. The first kappa shape index (κ1) is 16.3. The third kappa shape index (κ3) is 5.67. The highest BCUT2D eigenvalue weighted by Gasteiger charge is 2.10. The van der Waals surface area contributed by atoms with Gasteiger partial charge in [0.05, 0.1) is 0 Å². The van der Waals surface area contributed by atoms with Gasteiger partial charge in [-0.1, -0.05) is 30.7 Å². The molecular formula is C17H17ClINO. The lowest BCUT2D eigenvalue weighted by Crippen LogP contribution is -2.16. The Morgan fingerprint density at radius 3 is 2.38 bits per heavy atom. The van der Waals surface area contributed by atoms with E-state index in [1.807, 2.05) is 48.5 Å². The predicted octanol–water partition coefficient (Wildman–Crippen LogP) is 5.15. The molecule has 4 heteroatoms. The van der Waals surface area contributed by atoms with E-state index in [1.165, 1.54) is 5.56 Å². The van der Waals surface area contributed by atoms with Crippen LogP contribution in [0.2, 0.25) is 5.02 Å². The minimum absolute atomic E-state index is 0.0534. The van der Waals surface area contributed by atoms with Gasteiger partial charge in [-0.3, -0.25) is 4.79 Å². The van der Waals surface area contributed by atoms with E-state index in [-0.39, 0.29) is 11.8 Å². The Kier molecular flexibility index (Phi) is 6.06. The van der Waals surface area contributed by atoms with Crippen LogP contribution in [-0.4, -0.2) is 5.91 Å². The van der Waals surface area contributed by atoms with Gasteiger partial charge in [0, 0.05) is 20.7 Å². The van der Waals surface area contributed by atoms with E-state index in [2.05, 4.69) is 34.8 Å². The van der Waals surface area contributed by atoms with Crippen LogP contribution in [0.25, 0.3) is 0 Å². The van der Waals surface area contributed by atoms with Crippen LogP contribution in [0.15, 0.2) is 48.5 Å². The van der Waals surface area contributed by atoms with Gasteiger partial charge in [-0.2, -0.15) is 0 Å². The minimum Gasteiger partial charge on any atom is -0.326 e. The molecule has 0 unspecified atom stereocenters. The molecule has 0 spiro atoms. The molecular weight excluding hydrogens is 397 g/mol. The quantitative estimate of drug-likeness (QED) is 0.675. The molecule has 1 amide bonds. The average molecular weight is 414 g/mol. The van der Waals surface area contributed by atoms with Crippen LogP contribution in [0, 0.1) is 9.49 Å². The van der Waals surface area contributed by atoms with Crippen molar-refractivity contribution in [3.63, 3.8) is 0 Å². The van der Waals surface area contributed by atoms with Crippen molar-refractivity contribution < 1.29 is 4.79 Å². The topological polar surface area (TPSA) is 29.1 Å². The number of halogens is 2. The second-order valence-corrected chi connectivity index (χ2v) is 6.88. The monoisotopic (exact) mass is 413 g/mol.